The first-order valence-electron chi connectivity index (χ1n) is 11.3. The van der Waals surface area contributed by atoms with Crippen molar-refractivity contribution in [2.75, 3.05) is 0 Å². The molecule has 204 valence electrons. The molecule has 39 heavy (non-hydrogen) atoms. The number of rotatable bonds is 10. The van der Waals surface area contributed by atoms with Crippen LogP contribution in [0.25, 0.3) is 0 Å². The fourth-order valence-corrected chi connectivity index (χ4v) is 3.03. The Morgan fingerprint density at radius 3 is 1.26 bits per heavy atom. The number of aliphatic hydroxyl groups is 1. The molecular weight excluding hydrogens is 512 g/mol. The second-order valence-electron chi connectivity index (χ2n) is 7.84. The molecule has 0 heterocycles. The zero-order valence-corrected chi connectivity index (χ0v) is 20.3. The van der Waals surface area contributed by atoms with Gasteiger partial charge in [-0.2, -0.15) is 0 Å². The van der Waals surface area contributed by atoms with E-state index in [2.05, 4.69) is 0 Å². The van der Waals surface area contributed by atoms with Crippen molar-refractivity contribution in [3.05, 3.63) is 108 Å². The van der Waals surface area contributed by atoms with Crippen molar-refractivity contribution < 1.29 is 48.8 Å². The number of hydrogen-bond acceptors (Lipinski definition) is 9. The van der Waals surface area contributed by atoms with Gasteiger partial charge in [0.15, 0.2) is 6.10 Å². The Balaban J connectivity index is 0.000000344. The number of benzene rings is 3. The maximum Gasteiger partial charge on any atom is 0.349 e. The van der Waals surface area contributed by atoms with Gasteiger partial charge in [0.2, 0.25) is 18.1 Å². The van der Waals surface area contributed by atoms with Gasteiger partial charge in [0.05, 0.1) is 17.2 Å². The number of carbonyl (C=O) groups excluding carboxylic acids is 3. The predicted octanol–water partition coefficient (Wildman–Crippen LogP) is 1.14. The Labute approximate surface area is 222 Å². The first kappa shape index (κ1) is 30.2. The molecule has 0 saturated heterocycles. The predicted molar refractivity (Wildman–Crippen MR) is 135 cm³/mol. The second-order valence-corrected chi connectivity index (χ2v) is 7.84. The van der Waals surface area contributed by atoms with Gasteiger partial charge >= 0.3 is 23.9 Å². The summed E-state index contributed by atoms with van der Waals surface area (Å²) < 4.78 is 9.52. The maximum atomic E-state index is 12.0. The molecule has 0 radical (unpaired) electrons. The van der Waals surface area contributed by atoms with Crippen molar-refractivity contribution in [1.82, 2.24) is 0 Å². The van der Waals surface area contributed by atoms with Crippen LogP contribution in [0.2, 0.25) is 0 Å². The van der Waals surface area contributed by atoms with E-state index in [1.165, 1.54) is 48.5 Å². The first-order valence-corrected chi connectivity index (χ1v) is 11.3. The highest BCUT2D eigenvalue weighted by atomic mass is 16.6. The summed E-state index contributed by atoms with van der Waals surface area (Å²) in [6, 6.07) is 22.9. The van der Waals surface area contributed by atoms with Crippen LogP contribution in [0.15, 0.2) is 91.0 Å². The maximum absolute atomic E-state index is 12.0. The van der Waals surface area contributed by atoms with E-state index >= 15 is 0 Å². The van der Waals surface area contributed by atoms with Crippen LogP contribution in [0.5, 0.6) is 0 Å². The number of carboxylic acids is 2. The van der Waals surface area contributed by atoms with Crippen LogP contribution in [-0.2, 0) is 23.9 Å². The molecule has 7 N–H and O–H groups in total. The van der Waals surface area contributed by atoms with E-state index in [-0.39, 0.29) is 11.1 Å². The Morgan fingerprint density at radius 1 is 0.615 bits per heavy atom. The normalized spacial score (nSPS) is 13.3. The number of hydrogen-bond donors (Lipinski definition) is 5. The third kappa shape index (κ3) is 9.07. The van der Waals surface area contributed by atoms with Crippen molar-refractivity contribution in [3.8, 4) is 0 Å². The van der Waals surface area contributed by atoms with Gasteiger partial charge in [0.1, 0.15) is 0 Å². The Bertz CT molecular complexity index is 1200. The van der Waals surface area contributed by atoms with Crippen LogP contribution in [0.4, 0.5) is 0 Å². The molecule has 0 aliphatic rings. The van der Waals surface area contributed by atoms with Gasteiger partial charge in [-0.25, -0.2) is 19.2 Å². The molecule has 4 atom stereocenters. The fourth-order valence-electron chi connectivity index (χ4n) is 3.03. The minimum absolute atomic E-state index is 0.0253. The van der Waals surface area contributed by atoms with Gasteiger partial charge in [-0.05, 0) is 29.8 Å². The van der Waals surface area contributed by atoms with Crippen molar-refractivity contribution in [2.45, 2.75) is 24.4 Å². The third-order valence-electron chi connectivity index (χ3n) is 5.06. The van der Waals surface area contributed by atoms with Crippen LogP contribution in [0.3, 0.4) is 0 Å². The summed E-state index contributed by atoms with van der Waals surface area (Å²) in [6.07, 6.45) is -5.76. The lowest BCUT2D eigenvalue weighted by atomic mass is 10.0. The minimum atomic E-state index is -2.21. The highest BCUT2D eigenvalue weighted by Crippen LogP contribution is 2.14. The number of carbonyl (C=O) groups is 5. The lowest BCUT2D eigenvalue weighted by molar-refractivity contribution is -0.166. The Morgan fingerprint density at radius 2 is 0.949 bits per heavy atom. The van der Waals surface area contributed by atoms with Gasteiger partial charge in [0.25, 0.3) is 0 Å². The number of ether oxygens (including phenoxy) is 2. The lowest BCUT2D eigenvalue weighted by Gasteiger charge is -2.21. The van der Waals surface area contributed by atoms with Crippen LogP contribution in [0, 0.1) is 0 Å². The van der Waals surface area contributed by atoms with E-state index in [1.54, 1.807) is 36.4 Å². The van der Waals surface area contributed by atoms with Crippen LogP contribution >= 0.6 is 0 Å². The molecule has 0 aliphatic carbocycles. The number of aliphatic carboxylic acids is 2. The topological polar surface area (TPSA) is 217 Å². The van der Waals surface area contributed by atoms with E-state index in [4.69, 9.17) is 20.9 Å². The molecule has 1 amide bonds. The second kappa shape index (κ2) is 14.6. The smallest absolute Gasteiger partial charge is 0.349 e. The van der Waals surface area contributed by atoms with Gasteiger partial charge < -0.3 is 36.3 Å². The van der Waals surface area contributed by atoms with Crippen molar-refractivity contribution in [2.24, 2.45) is 11.5 Å². The third-order valence-corrected chi connectivity index (χ3v) is 5.06. The minimum Gasteiger partial charge on any atom is -0.478 e. The molecule has 3 aromatic carbocycles. The van der Waals surface area contributed by atoms with Gasteiger partial charge in [0, 0.05) is 0 Å². The highest BCUT2D eigenvalue weighted by molar-refractivity contribution is 5.95. The molecule has 0 bridgehead atoms. The zero-order chi connectivity index (χ0) is 28.9. The highest BCUT2D eigenvalue weighted by Gasteiger charge is 2.41. The summed E-state index contributed by atoms with van der Waals surface area (Å²) in [7, 11) is 0. The van der Waals surface area contributed by atoms with Crippen molar-refractivity contribution >= 4 is 29.8 Å². The number of nitrogens with two attached hydrogens (primary N) is 2. The Hall–Kier alpha value is -5.07. The van der Waals surface area contributed by atoms with Gasteiger partial charge in [-0.15, -0.1) is 0 Å². The Kier molecular flexibility index (Phi) is 11.3. The SMILES string of the molecule is NC(=O)[C@H](O)[C@@H](N)c1ccccc1.O=C(O[C@H](C(=O)O)[C@@H](OC(=O)c1ccccc1)C(=O)O)c1ccccc1. The standard InChI is InChI=1S/C18H14O8.C9H12N2O2/c19-15(20)13(25-17(23)11-7-3-1-4-8-11)14(16(21)22)26-18(24)12-9-5-2-6-10-12;10-7(8(12)9(11)13)6-4-2-1-3-5-6/h1-10,13-14H,(H,19,20)(H,21,22);1-5,7-8,12H,10H2,(H2,11,13)/t13-,14+;7-,8+/m.0/s1. The van der Waals surface area contributed by atoms with E-state index in [1.807, 2.05) is 6.07 Å². The number of primary amides is 1. The monoisotopic (exact) mass is 538 g/mol. The molecule has 0 spiro atoms. The summed E-state index contributed by atoms with van der Waals surface area (Å²) >= 11 is 0. The van der Waals surface area contributed by atoms with Crippen LogP contribution in [0.1, 0.15) is 32.3 Å². The van der Waals surface area contributed by atoms with E-state index in [9.17, 15) is 39.3 Å². The average molecular weight is 539 g/mol. The summed E-state index contributed by atoms with van der Waals surface area (Å²) in [5, 5.41) is 27.7. The van der Waals surface area contributed by atoms with E-state index < -0.39 is 54.1 Å². The van der Waals surface area contributed by atoms with Crippen molar-refractivity contribution in [3.63, 3.8) is 0 Å². The molecular formula is C27H26N2O10. The van der Waals surface area contributed by atoms with E-state index in [0.717, 1.165) is 0 Å². The lowest BCUT2D eigenvalue weighted by Crippen LogP contribution is -2.45. The fraction of sp³-hybridized carbons (Fsp3) is 0.148. The largest absolute Gasteiger partial charge is 0.478 e. The molecule has 12 nitrogen and oxygen atoms in total. The molecule has 0 fully saturated rings. The summed E-state index contributed by atoms with van der Waals surface area (Å²) in [5.41, 5.74) is 11.2. The number of esters is 2. The van der Waals surface area contributed by atoms with Gasteiger partial charge in [-0.3, -0.25) is 4.79 Å². The number of aliphatic hydroxyl groups excluding tert-OH is 1. The summed E-state index contributed by atoms with van der Waals surface area (Å²) in [5.74, 6) is -6.44. The molecule has 0 unspecified atom stereocenters. The summed E-state index contributed by atoms with van der Waals surface area (Å²) in [6.45, 7) is 0. The average Bonchev–Trinajstić information content (AvgIpc) is 2.95. The first-order chi connectivity index (χ1) is 18.5. The summed E-state index contributed by atoms with van der Waals surface area (Å²) in [4.78, 5) is 57.4. The van der Waals surface area contributed by atoms with Crippen LogP contribution < -0.4 is 11.5 Å². The molecule has 0 aliphatic heterocycles. The van der Waals surface area contributed by atoms with E-state index in [0.29, 0.717) is 5.56 Å². The molecule has 3 aromatic rings. The quantitative estimate of drug-likeness (QED) is 0.231. The zero-order valence-electron chi connectivity index (χ0n) is 20.3. The van der Waals surface area contributed by atoms with Crippen molar-refractivity contribution in [1.29, 1.82) is 0 Å². The van der Waals surface area contributed by atoms with Crippen LogP contribution in [-0.4, -0.2) is 63.4 Å². The molecule has 12 heteroatoms. The molecule has 0 saturated carbocycles. The molecule has 0 aromatic heterocycles. The number of amides is 1. The number of carboxylic acid groups (broad SMARTS) is 2. The molecule has 3 rings (SSSR count). The van der Waals surface area contributed by atoms with Gasteiger partial charge in [-0.1, -0.05) is 66.7 Å².